The van der Waals surface area contributed by atoms with Crippen molar-refractivity contribution in [1.82, 2.24) is 0 Å². The highest BCUT2D eigenvalue weighted by atomic mass is 79.9. The first kappa shape index (κ1) is 27.8. The van der Waals surface area contributed by atoms with Crippen molar-refractivity contribution >= 4 is 45.2 Å². The Bertz CT molecular complexity index is 1500. The van der Waals surface area contributed by atoms with E-state index < -0.39 is 5.91 Å². The molecule has 0 spiro atoms. The molecule has 4 aromatic carbocycles. The lowest BCUT2D eigenvalue weighted by atomic mass is 10.1. The molecule has 196 valence electrons. The molecule has 0 unspecified atom stereocenters. The van der Waals surface area contributed by atoms with E-state index in [4.69, 9.17) is 25.8 Å². The van der Waals surface area contributed by atoms with Crippen LogP contribution < -0.4 is 19.5 Å². The van der Waals surface area contributed by atoms with Gasteiger partial charge >= 0.3 is 0 Å². The van der Waals surface area contributed by atoms with Crippen LogP contribution in [0.15, 0.2) is 101 Å². The Balaban J connectivity index is 1.42. The fourth-order valence-corrected chi connectivity index (χ4v) is 4.13. The minimum Gasteiger partial charge on any atom is -0.493 e. The third-order valence-electron chi connectivity index (χ3n) is 5.58. The number of carbonyl (C=O) groups excluding carboxylic acids is 1. The van der Waals surface area contributed by atoms with Gasteiger partial charge in [0.2, 0.25) is 0 Å². The van der Waals surface area contributed by atoms with E-state index in [0.29, 0.717) is 46.7 Å². The van der Waals surface area contributed by atoms with Gasteiger partial charge in [-0.3, -0.25) is 4.79 Å². The van der Waals surface area contributed by atoms with E-state index in [0.717, 1.165) is 15.6 Å². The van der Waals surface area contributed by atoms with Gasteiger partial charge in [-0.1, -0.05) is 70.0 Å². The van der Waals surface area contributed by atoms with E-state index >= 15 is 0 Å². The van der Waals surface area contributed by atoms with Gasteiger partial charge in [-0.25, -0.2) is 0 Å². The molecule has 0 saturated carbocycles. The second kappa shape index (κ2) is 13.5. The predicted molar refractivity (Wildman–Crippen MR) is 156 cm³/mol. The first-order chi connectivity index (χ1) is 18.9. The number of anilines is 1. The van der Waals surface area contributed by atoms with Crippen molar-refractivity contribution < 1.29 is 19.0 Å². The van der Waals surface area contributed by atoms with Crippen molar-refractivity contribution in [3.05, 3.63) is 123 Å². The maximum atomic E-state index is 12.8. The van der Waals surface area contributed by atoms with Crippen molar-refractivity contribution in [3.8, 4) is 23.3 Å². The Morgan fingerprint density at radius 1 is 0.949 bits per heavy atom. The van der Waals surface area contributed by atoms with Gasteiger partial charge in [0, 0.05) is 10.2 Å². The highest BCUT2D eigenvalue weighted by Gasteiger charge is 2.15. The zero-order valence-electron chi connectivity index (χ0n) is 21.0. The van der Waals surface area contributed by atoms with Crippen LogP contribution in [-0.2, 0) is 18.0 Å². The Hall–Kier alpha value is -4.25. The van der Waals surface area contributed by atoms with E-state index in [1.54, 1.807) is 36.4 Å². The van der Waals surface area contributed by atoms with E-state index in [-0.39, 0.29) is 5.57 Å². The number of benzene rings is 4. The topological polar surface area (TPSA) is 80.6 Å². The molecule has 0 heterocycles. The summed E-state index contributed by atoms with van der Waals surface area (Å²) < 4.78 is 18.1. The molecule has 0 aromatic heterocycles. The molecular weight excluding hydrogens is 580 g/mol. The summed E-state index contributed by atoms with van der Waals surface area (Å²) >= 11 is 9.89. The fourth-order valence-electron chi connectivity index (χ4n) is 3.59. The van der Waals surface area contributed by atoms with Crippen LogP contribution in [-0.4, -0.2) is 13.0 Å². The molecule has 0 bridgehead atoms. The summed E-state index contributed by atoms with van der Waals surface area (Å²) in [5, 5.41) is 12.7. The monoisotopic (exact) mass is 602 g/mol. The van der Waals surface area contributed by atoms with E-state index in [1.165, 1.54) is 13.2 Å². The second-order valence-electron chi connectivity index (χ2n) is 8.37. The SMILES string of the molecule is COc1cc(/C=C(\C#N)C(=O)Nc2ccc(OCc3ccccc3)cc2)cc(Cl)c1OCc1ccc(Br)cc1. The van der Waals surface area contributed by atoms with Crippen LogP contribution in [0.2, 0.25) is 5.02 Å². The maximum Gasteiger partial charge on any atom is 0.266 e. The summed E-state index contributed by atoms with van der Waals surface area (Å²) in [7, 11) is 1.50. The molecular formula is C31H24BrClN2O4. The zero-order valence-corrected chi connectivity index (χ0v) is 23.3. The number of nitrogens with one attached hydrogen (secondary N) is 1. The summed E-state index contributed by atoms with van der Waals surface area (Å²) in [4.78, 5) is 12.8. The molecule has 0 aliphatic heterocycles. The minimum atomic E-state index is -0.555. The largest absolute Gasteiger partial charge is 0.493 e. The highest BCUT2D eigenvalue weighted by molar-refractivity contribution is 9.10. The van der Waals surface area contributed by atoms with Crippen molar-refractivity contribution in [3.63, 3.8) is 0 Å². The molecule has 6 nitrogen and oxygen atoms in total. The van der Waals surface area contributed by atoms with Gasteiger partial charge in [0.15, 0.2) is 11.5 Å². The van der Waals surface area contributed by atoms with E-state index in [1.807, 2.05) is 60.7 Å². The number of rotatable bonds is 10. The fraction of sp³-hybridized carbons (Fsp3) is 0.0968. The molecule has 0 atom stereocenters. The number of hydrogen-bond donors (Lipinski definition) is 1. The lowest BCUT2D eigenvalue weighted by molar-refractivity contribution is -0.112. The van der Waals surface area contributed by atoms with Crippen molar-refractivity contribution in [2.75, 3.05) is 12.4 Å². The Labute approximate surface area is 240 Å². The van der Waals surface area contributed by atoms with Crippen LogP contribution in [0.4, 0.5) is 5.69 Å². The average molecular weight is 604 g/mol. The number of halogens is 2. The molecule has 4 aromatic rings. The normalized spacial score (nSPS) is 10.9. The van der Waals surface area contributed by atoms with E-state index in [9.17, 15) is 10.1 Å². The van der Waals surface area contributed by atoms with E-state index in [2.05, 4.69) is 21.2 Å². The molecule has 4 rings (SSSR count). The summed E-state index contributed by atoms with van der Waals surface area (Å²) in [5.41, 5.74) is 2.96. The molecule has 0 fully saturated rings. The maximum absolute atomic E-state index is 12.8. The summed E-state index contributed by atoms with van der Waals surface area (Å²) in [5.74, 6) is 0.865. The molecule has 1 amide bonds. The lowest BCUT2D eigenvalue weighted by Crippen LogP contribution is -2.13. The third kappa shape index (κ3) is 7.87. The zero-order chi connectivity index (χ0) is 27.6. The van der Waals surface area contributed by atoms with Gasteiger partial charge in [-0.2, -0.15) is 5.26 Å². The van der Waals surface area contributed by atoms with Crippen LogP contribution in [0, 0.1) is 11.3 Å². The van der Waals surface area contributed by atoms with Gasteiger partial charge in [-0.05, 0) is 71.3 Å². The van der Waals surface area contributed by atoms with Crippen LogP contribution in [0.5, 0.6) is 17.2 Å². The number of carbonyl (C=O) groups is 1. The third-order valence-corrected chi connectivity index (χ3v) is 6.39. The smallest absolute Gasteiger partial charge is 0.266 e. The standard InChI is InChI=1S/C31H24BrClN2O4/c1-37-29-17-23(16-28(33)30(29)39-20-22-7-9-25(32)10-8-22)15-24(18-34)31(36)35-26-11-13-27(14-12-26)38-19-21-5-3-2-4-6-21/h2-17H,19-20H2,1H3,(H,35,36)/b24-15+. The van der Waals surface area contributed by atoms with Gasteiger partial charge in [0.1, 0.15) is 30.6 Å². The minimum absolute atomic E-state index is 0.0962. The molecule has 0 saturated heterocycles. The first-order valence-electron chi connectivity index (χ1n) is 11.9. The molecule has 0 aliphatic carbocycles. The van der Waals surface area contributed by atoms with Crippen LogP contribution in [0.25, 0.3) is 6.08 Å². The van der Waals surface area contributed by atoms with Crippen LogP contribution in [0.1, 0.15) is 16.7 Å². The van der Waals surface area contributed by atoms with Crippen molar-refractivity contribution in [2.45, 2.75) is 13.2 Å². The predicted octanol–water partition coefficient (Wildman–Crippen LogP) is 7.81. The number of hydrogen-bond acceptors (Lipinski definition) is 5. The number of ether oxygens (including phenoxy) is 3. The molecule has 8 heteroatoms. The Kier molecular flexibility index (Phi) is 9.63. The van der Waals surface area contributed by atoms with Gasteiger partial charge in [0.25, 0.3) is 5.91 Å². The lowest BCUT2D eigenvalue weighted by Gasteiger charge is -2.14. The van der Waals surface area contributed by atoms with Crippen LogP contribution >= 0.6 is 27.5 Å². The number of nitriles is 1. The molecule has 39 heavy (non-hydrogen) atoms. The molecule has 0 aliphatic rings. The van der Waals surface area contributed by atoms with Crippen LogP contribution in [0.3, 0.4) is 0 Å². The number of nitrogens with zero attached hydrogens (tertiary/aromatic N) is 1. The number of methoxy groups -OCH3 is 1. The van der Waals surface area contributed by atoms with Crippen molar-refractivity contribution in [2.24, 2.45) is 0 Å². The van der Waals surface area contributed by atoms with Gasteiger partial charge < -0.3 is 19.5 Å². The van der Waals surface area contributed by atoms with Gasteiger partial charge in [-0.15, -0.1) is 0 Å². The summed E-state index contributed by atoms with van der Waals surface area (Å²) in [6.45, 7) is 0.731. The van der Waals surface area contributed by atoms with Gasteiger partial charge in [0.05, 0.1) is 12.1 Å². The highest BCUT2D eigenvalue weighted by Crippen LogP contribution is 2.37. The first-order valence-corrected chi connectivity index (χ1v) is 13.1. The molecule has 1 N–H and O–H groups in total. The molecule has 0 radical (unpaired) electrons. The summed E-state index contributed by atoms with van der Waals surface area (Å²) in [6, 6.07) is 29.7. The average Bonchev–Trinajstić information content (AvgIpc) is 2.96. The van der Waals surface area contributed by atoms with Crippen molar-refractivity contribution in [1.29, 1.82) is 5.26 Å². The Morgan fingerprint density at radius 3 is 2.28 bits per heavy atom. The number of amides is 1. The second-order valence-corrected chi connectivity index (χ2v) is 9.69. The summed E-state index contributed by atoms with van der Waals surface area (Å²) in [6.07, 6.45) is 1.44. The Morgan fingerprint density at radius 2 is 1.62 bits per heavy atom. The quantitative estimate of drug-likeness (QED) is 0.148.